The van der Waals surface area contributed by atoms with E-state index in [2.05, 4.69) is 22.6 Å². The number of carbonyl (C=O) groups is 4. The van der Waals surface area contributed by atoms with Crippen molar-refractivity contribution >= 4 is 29.7 Å². The second-order valence-electron chi connectivity index (χ2n) is 7.27. The number of piperidine rings is 1. The molecule has 0 aromatic heterocycles. The number of benzene rings is 1. The quantitative estimate of drug-likeness (QED) is 0.552. The SMILES string of the molecule is CN1CC(CNc2ccc(C(=O)N(C)C3CCC(=O)NC3=O)c(C=O)c2)C1. The van der Waals surface area contributed by atoms with Crippen LogP contribution in [-0.4, -0.2) is 73.6 Å². The fourth-order valence-corrected chi connectivity index (χ4v) is 3.57. The lowest BCUT2D eigenvalue weighted by Crippen LogP contribution is -2.53. The number of amides is 3. The fraction of sp³-hybridized carbons (Fsp3) is 0.474. The topological polar surface area (TPSA) is 98.8 Å². The van der Waals surface area contributed by atoms with E-state index < -0.39 is 17.9 Å². The molecule has 0 aliphatic carbocycles. The van der Waals surface area contributed by atoms with Gasteiger partial charge >= 0.3 is 0 Å². The summed E-state index contributed by atoms with van der Waals surface area (Å²) in [5.41, 5.74) is 1.30. The Labute approximate surface area is 157 Å². The molecule has 8 nitrogen and oxygen atoms in total. The lowest BCUT2D eigenvalue weighted by molar-refractivity contribution is -0.136. The number of aldehydes is 1. The predicted molar refractivity (Wildman–Crippen MR) is 99.6 cm³/mol. The number of hydrogen-bond donors (Lipinski definition) is 2. The Balaban J connectivity index is 1.69. The van der Waals surface area contributed by atoms with Crippen LogP contribution in [0.5, 0.6) is 0 Å². The molecule has 1 aromatic rings. The summed E-state index contributed by atoms with van der Waals surface area (Å²) >= 11 is 0. The van der Waals surface area contributed by atoms with Crippen molar-refractivity contribution in [3.05, 3.63) is 29.3 Å². The smallest absolute Gasteiger partial charge is 0.255 e. The molecule has 2 heterocycles. The maximum atomic E-state index is 12.8. The van der Waals surface area contributed by atoms with Crippen LogP contribution in [0.15, 0.2) is 18.2 Å². The van der Waals surface area contributed by atoms with Crippen LogP contribution in [0.2, 0.25) is 0 Å². The van der Waals surface area contributed by atoms with E-state index in [9.17, 15) is 19.2 Å². The molecular weight excluding hydrogens is 348 g/mol. The number of likely N-dealkylation sites (tertiary alicyclic amines) is 1. The first-order chi connectivity index (χ1) is 12.9. The Morgan fingerprint density at radius 2 is 2.11 bits per heavy atom. The third-order valence-corrected chi connectivity index (χ3v) is 5.14. The van der Waals surface area contributed by atoms with Crippen LogP contribution >= 0.6 is 0 Å². The third-order valence-electron chi connectivity index (χ3n) is 5.14. The van der Waals surface area contributed by atoms with E-state index in [1.54, 1.807) is 18.2 Å². The molecular formula is C19H24N4O4. The number of rotatable bonds is 6. The van der Waals surface area contributed by atoms with Crippen molar-refractivity contribution in [2.75, 3.05) is 39.0 Å². The van der Waals surface area contributed by atoms with E-state index in [4.69, 9.17) is 0 Å². The van der Waals surface area contributed by atoms with Crippen molar-refractivity contribution in [1.29, 1.82) is 0 Å². The van der Waals surface area contributed by atoms with Crippen LogP contribution in [0, 0.1) is 5.92 Å². The number of nitrogens with zero attached hydrogens (tertiary/aromatic N) is 2. The molecule has 1 unspecified atom stereocenters. The molecule has 2 fully saturated rings. The zero-order valence-electron chi connectivity index (χ0n) is 15.5. The Morgan fingerprint density at radius 3 is 2.74 bits per heavy atom. The van der Waals surface area contributed by atoms with E-state index >= 15 is 0 Å². The van der Waals surface area contributed by atoms with Gasteiger partial charge < -0.3 is 15.1 Å². The summed E-state index contributed by atoms with van der Waals surface area (Å²) in [6.45, 7) is 2.90. The lowest BCUT2D eigenvalue weighted by Gasteiger charge is -2.36. The maximum Gasteiger partial charge on any atom is 0.255 e. The van der Waals surface area contributed by atoms with Crippen molar-refractivity contribution < 1.29 is 19.2 Å². The summed E-state index contributed by atoms with van der Waals surface area (Å²) in [6.07, 6.45) is 1.11. The number of nitrogens with one attached hydrogen (secondary N) is 2. The maximum absolute atomic E-state index is 12.8. The van der Waals surface area contributed by atoms with E-state index in [0.29, 0.717) is 12.2 Å². The molecule has 0 bridgehead atoms. The molecule has 8 heteroatoms. The van der Waals surface area contributed by atoms with Crippen LogP contribution in [-0.2, 0) is 9.59 Å². The summed E-state index contributed by atoms with van der Waals surface area (Å²) in [5.74, 6) is -0.661. The van der Waals surface area contributed by atoms with E-state index in [0.717, 1.165) is 25.3 Å². The first-order valence-electron chi connectivity index (χ1n) is 9.01. The van der Waals surface area contributed by atoms with E-state index in [1.807, 2.05) is 0 Å². The van der Waals surface area contributed by atoms with Gasteiger partial charge in [-0.25, -0.2) is 0 Å². The minimum atomic E-state index is -0.719. The highest BCUT2D eigenvalue weighted by Gasteiger charge is 2.33. The van der Waals surface area contributed by atoms with Crippen LogP contribution in [0.25, 0.3) is 0 Å². The van der Waals surface area contributed by atoms with Gasteiger partial charge in [-0.15, -0.1) is 0 Å². The second-order valence-corrected chi connectivity index (χ2v) is 7.27. The number of likely N-dealkylation sites (N-methyl/N-ethyl adjacent to an activating group) is 1. The summed E-state index contributed by atoms with van der Waals surface area (Å²) in [5, 5.41) is 5.54. The van der Waals surface area contributed by atoms with Crippen molar-refractivity contribution in [3.63, 3.8) is 0 Å². The van der Waals surface area contributed by atoms with Gasteiger partial charge in [0.1, 0.15) is 6.04 Å². The standard InChI is InChI=1S/C19H24N4O4/c1-22-9-12(10-22)8-20-14-3-4-15(13(7-14)11-24)19(27)23(2)16-5-6-17(25)21-18(16)26/h3-4,7,11-12,16,20H,5-6,8-10H2,1-2H3,(H,21,25,26). The molecule has 3 amide bonds. The summed E-state index contributed by atoms with van der Waals surface area (Å²) in [4.78, 5) is 51.1. The van der Waals surface area contributed by atoms with Gasteiger partial charge in [0.2, 0.25) is 11.8 Å². The average Bonchev–Trinajstić information content (AvgIpc) is 2.63. The van der Waals surface area contributed by atoms with Gasteiger partial charge in [-0.3, -0.25) is 24.5 Å². The van der Waals surface area contributed by atoms with Crippen molar-refractivity contribution in [2.24, 2.45) is 5.92 Å². The Kier molecular flexibility index (Phi) is 5.55. The van der Waals surface area contributed by atoms with Gasteiger partial charge in [0.25, 0.3) is 5.91 Å². The zero-order chi connectivity index (χ0) is 19.6. The lowest BCUT2D eigenvalue weighted by atomic mass is 10.0. The highest BCUT2D eigenvalue weighted by Crippen LogP contribution is 2.20. The van der Waals surface area contributed by atoms with E-state index in [-0.39, 0.29) is 29.9 Å². The van der Waals surface area contributed by atoms with Crippen LogP contribution in [0.3, 0.4) is 0 Å². The highest BCUT2D eigenvalue weighted by molar-refractivity contribution is 6.06. The summed E-state index contributed by atoms with van der Waals surface area (Å²) in [7, 11) is 3.58. The van der Waals surface area contributed by atoms with Gasteiger partial charge in [-0.2, -0.15) is 0 Å². The molecule has 2 aliphatic rings. The third kappa shape index (κ3) is 4.16. The van der Waals surface area contributed by atoms with E-state index in [1.165, 1.54) is 11.9 Å². The van der Waals surface area contributed by atoms with Crippen LogP contribution in [0.1, 0.15) is 33.6 Å². The van der Waals surface area contributed by atoms with Crippen LogP contribution in [0.4, 0.5) is 5.69 Å². The molecule has 3 rings (SSSR count). The molecule has 0 radical (unpaired) electrons. The number of imide groups is 1. The normalized spacial score (nSPS) is 20.6. The van der Waals surface area contributed by atoms with Gasteiger partial charge in [-0.05, 0) is 31.7 Å². The first-order valence-corrected chi connectivity index (χ1v) is 9.01. The van der Waals surface area contributed by atoms with Gasteiger partial charge in [0, 0.05) is 50.3 Å². The monoisotopic (exact) mass is 372 g/mol. The molecule has 0 spiro atoms. The molecule has 0 saturated carbocycles. The molecule has 2 saturated heterocycles. The molecule has 1 atom stereocenters. The zero-order valence-corrected chi connectivity index (χ0v) is 15.5. The molecule has 27 heavy (non-hydrogen) atoms. The average molecular weight is 372 g/mol. The Morgan fingerprint density at radius 1 is 1.37 bits per heavy atom. The summed E-state index contributed by atoms with van der Waals surface area (Å²) in [6, 6.07) is 4.30. The van der Waals surface area contributed by atoms with Gasteiger partial charge in [0.15, 0.2) is 6.29 Å². The minimum Gasteiger partial charge on any atom is -0.385 e. The Hall–Kier alpha value is -2.74. The number of anilines is 1. The largest absolute Gasteiger partial charge is 0.385 e. The van der Waals surface area contributed by atoms with Crippen LogP contribution < -0.4 is 10.6 Å². The highest BCUT2D eigenvalue weighted by atomic mass is 16.2. The summed E-state index contributed by atoms with van der Waals surface area (Å²) < 4.78 is 0. The first kappa shape index (κ1) is 19.0. The van der Waals surface area contributed by atoms with Gasteiger partial charge in [-0.1, -0.05) is 0 Å². The number of hydrogen-bond acceptors (Lipinski definition) is 6. The Bertz CT molecular complexity index is 773. The predicted octanol–water partition coefficient (Wildman–Crippen LogP) is 0.350. The minimum absolute atomic E-state index is 0.188. The van der Waals surface area contributed by atoms with Crippen molar-refractivity contribution in [1.82, 2.24) is 15.1 Å². The molecule has 2 N–H and O–H groups in total. The number of carbonyl (C=O) groups excluding carboxylic acids is 4. The molecule has 2 aliphatic heterocycles. The van der Waals surface area contributed by atoms with Crippen molar-refractivity contribution in [3.8, 4) is 0 Å². The molecule has 144 valence electrons. The fourth-order valence-electron chi connectivity index (χ4n) is 3.57. The van der Waals surface area contributed by atoms with Crippen molar-refractivity contribution in [2.45, 2.75) is 18.9 Å². The van der Waals surface area contributed by atoms with Gasteiger partial charge in [0.05, 0.1) is 5.56 Å². The molecule has 1 aromatic carbocycles. The second kappa shape index (κ2) is 7.87.